The molecule has 0 aromatic carbocycles. The van der Waals surface area contributed by atoms with E-state index in [-0.39, 0.29) is 5.91 Å². The molecular formula is C18H30N3O2+. The molecule has 0 aromatic rings. The molecule has 4 bridgehead atoms. The molecule has 1 aliphatic heterocycles. The van der Waals surface area contributed by atoms with Gasteiger partial charge < -0.3 is 9.22 Å². The minimum atomic E-state index is 0.0807. The number of nitrogens with one attached hydrogen (secondary N) is 1. The van der Waals surface area contributed by atoms with Crippen molar-refractivity contribution in [3.8, 4) is 0 Å². The fourth-order valence-electron chi connectivity index (χ4n) is 5.41. The summed E-state index contributed by atoms with van der Waals surface area (Å²) in [5, 5.41) is 4.59. The molecule has 0 radical (unpaired) electrons. The first kappa shape index (κ1) is 15.6. The zero-order chi connectivity index (χ0) is 15.9. The Bertz CT molecular complexity index is 466. The molecule has 23 heavy (non-hydrogen) atoms. The van der Waals surface area contributed by atoms with E-state index in [1.807, 2.05) is 0 Å². The first-order chi connectivity index (χ1) is 11.1. The zero-order valence-corrected chi connectivity index (χ0v) is 14.3. The summed E-state index contributed by atoms with van der Waals surface area (Å²) < 4.78 is 6.36. The Morgan fingerprint density at radius 1 is 1.13 bits per heavy atom. The van der Waals surface area contributed by atoms with Crippen molar-refractivity contribution in [3.63, 3.8) is 0 Å². The number of carbonyl (C=O) groups excluding carboxylic acids is 1. The van der Waals surface area contributed by atoms with Crippen LogP contribution in [0.5, 0.6) is 0 Å². The lowest BCUT2D eigenvalue weighted by Gasteiger charge is -2.50. The number of hydrazone groups is 1. The average Bonchev–Trinajstić information content (AvgIpc) is 2.52. The van der Waals surface area contributed by atoms with Gasteiger partial charge in [-0.3, -0.25) is 4.79 Å². The molecule has 5 rings (SSSR count). The van der Waals surface area contributed by atoms with E-state index >= 15 is 0 Å². The number of carbonyl (C=O) groups is 1. The fourth-order valence-corrected chi connectivity index (χ4v) is 5.41. The molecule has 1 amide bonds. The van der Waals surface area contributed by atoms with E-state index in [0.717, 1.165) is 49.2 Å². The van der Waals surface area contributed by atoms with Gasteiger partial charge in [-0.25, -0.2) is 5.43 Å². The summed E-state index contributed by atoms with van der Waals surface area (Å²) in [6, 6.07) is 0. The lowest BCUT2D eigenvalue weighted by atomic mass is 9.55. The third-order valence-electron chi connectivity index (χ3n) is 6.71. The average molecular weight is 320 g/mol. The lowest BCUT2D eigenvalue weighted by molar-refractivity contribution is -0.916. The van der Waals surface area contributed by atoms with E-state index < -0.39 is 0 Å². The molecular weight excluding hydrogens is 290 g/mol. The maximum Gasteiger partial charge on any atom is 0.245 e. The van der Waals surface area contributed by atoms with E-state index in [0.29, 0.717) is 18.3 Å². The number of likely N-dealkylation sites (N-methyl/N-ethyl adjacent to an activating group) is 1. The second kappa shape index (κ2) is 6.17. The molecule has 1 N–H and O–H groups in total. The van der Waals surface area contributed by atoms with Gasteiger partial charge in [0.15, 0.2) is 0 Å². The second-order valence-electron chi connectivity index (χ2n) is 8.53. The van der Waals surface area contributed by atoms with Crippen LogP contribution >= 0.6 is 0 Å². The minimum Gasteiger partial charge on any atom is -0.370 e. The lowest BCUT2D eigenvalue weighted by Crippen LogP contribution is -2.53. The molecule has 128 valence electrons. The molecule has 5 fully saturated rings. The van der Waals surface area contributed by atoms with E-state index in [4.69, 9.17) is 4.74 Å². The van der Waals surface area contributed by atoms with E-state index in [2.05, 4.69) is 17.6 Å². The summed E-state index contributed by atoms with van der Waals surface area (Å²) in [7, 11) is 2.22. The third kappa shape index (κ3) is 3.31. The monoisotopic (exact) mass is 320 g/mol. The van der Waals surface area contributed by atoms with Gasteiger partial charge in [-0.1, -0.05) is 0 Å². The molecule has 0 unspecified atom stereocenters. The number of hydrogen-bond donors (Lipinski definition) is 1. The molecule has 5 nitrogen and oxygen atoms in total. The summed E-state index contributed by atoms with van der Waals surface area (Å²) in [6.07, 6.45) is 7.28. The summed E-state index contributed by atoms with van der Waals surface area (Å²) in [5.74, 6) is 3.29. The van der Waals surface area contributed by atoms with Gasteiger partial charge in [0, 0.05) is 5.71 Å². The number of ether oxygens (including phenoxy) is 1. The SMILES string of the molecule is C[N+]1(CCC(=O)NN=C2C3CC4CC(C3)CC2C4)CCOCC1. The van der Waals surface area contributed by atoms with Gasteiger partial charge in [-0.2, -0.15) is 5.10 Å². The Kier molecular flexibility index (Phi) is 4.18. The molecule has 5 aliphatic rings. The van der Waals surface area contributed by atoms with Crippen LogP contribution in [-0.4, -0.2) is 56.0 Å². The van der Waals surface area contributed by atoms with Crippen LogP contribution in [0.2, 0.25) is 0 Å². The Morgan fingerprint density at radius 3 is 2.35 bits per heavy atom. The summed E-state index contributed by atoms with van der Waals surface area (Å²) in [6.45, 7) is 4.53. The van der Waals surface area contributed by atoms with Gasteiger partial charge in [-0.15, -0.1) is 0 Å². The number of quaternary nitrogens is 1. The maximum absolute atomic E-state index is 12.2. The predicted molar refractivity (Wildman–Crippen MR) is 88.8 cm³/mol. The largest absolute Gasteiger partial charge is 0.370 e. The standard InChI is InChI=1S/C18H29N3O2/c1-21(4-6-23-7-5-21)3-2-17(22)19-20-18-15-9-13-8-14(11-15)12-16(18)10-13/h13-16H,2-12H2,1H3/p+1. The second-order valence-corrected chi connectivity index (χ2v) is 8.53. The summed E-state index contributed by atoms with van der Waals surface area (Å²) in [4.78, 5) is 12.2. The van der Waals surface area contributed by atoms with Crippen molar-refractivity contribution >= 4 is 11.6 Å². The molecule has 1 saturated heterocycles. The van der Waals surface area contributed by atoms with Crippen molar-refractivity contribution in [3.05, 3.63) is 0 Å². The van der Waals surface area contributed by atoms with Gasteiger partial charge in [0.2, 0.25) is 5.91 Å². The highest BCUT2D eigenvalue weighted by Gasteiger charge is 2.46. The van der Waals surface area contributed by atoms with Crippen molar-refractivity contribution in [1.29, 1.82) is 0 Å². The quantitative estimate of drug-likeness (QED) is 0.634. The van der Waals surface area contributed by atoms with Crippen molar-refractivity contribution in [1.82, 2.24) is 5.43 Å². The summed E-state index contributed by atoms with van der Waals surface area (Å²) in [5.41, 5.74) is 4.19. The fraction of sp³-hybridized carbons (Fsp3) is 0.889. The van der Waals surface area contributed by atoms with Gasteiger partial charge in [-0.05, 0) is 55.8 Å². The first-order valence-electron chi connectivity index (χ1n) is 9.39. The number of amides is 1. The zero-order valence-electron chi connectivity index (χ0n) is 14.3. The van der Waals surface area contributed by atoms with E-state index in [1.165, 1.54) is 37.8 Å². The highest BCUT2D eigenvalue weighted by molar-refractivity contribution is 5.91. The van der Waals surface area contributed by atoms with Crippen LogP contribution in [0.4, 0.5) is 0 Å². The van der Waals surface area contributed by atoms with Crippen LogP contribution in [0.3, 0.4) is 0 Å². The molecule has 5 heteroatoms. The topological polar surface area (TPSA) is 50.7 Å². The molecule has 4 saturated carbocycles. The van der Waals surface area contributed by atoms with Crippen molar-refractivity contribution in [2.75, 3.05) is 39.9 Å². The molecule has 0 spiro atoms. The normalized spacial score (nSPS) is 37.7. The Balaban J connectivity index is 1.29. The van der Waals surface area contributed by atoms with Crippen LogP contribution in [0.25, 0.3) is 0 Å². The van der Waals surface area contributed by atoms with Gasteiger partial charge in [0.1, 0.15) is 13.1 Å². The number of morpholine rings is 1. The van der Waals surface area contributed by atoms with Gasteiger partial charge in [0.25, 0.3) is 0 Å². The van der Waals surface area contributed by atoms with Crippen molar-refractivity contribution < 1.29 is 14.0 Å². The smallest absolute Gasteiger partial charge is 0.245 e. The van der Waals surface area contributed by atoms with E-state index in [1.54, 1.807) is 0 Å². The Morgan fingerprint density at radius 2 is 1.74 bits per heavy atom. The Hall–Kier alpha value is -0.940. The van der Waals surface area contributed by atoms with Crippen LogP contribution in [0, 0.1) is 23.7 Å². The highest BCUT2D eigenvalue weighted by atomic mass is 16.5. The predicted octanol–water partition coefficient (Wildman–Crippen LogP) is 1.78. The molecule has 0 aromatic heterocycles. The number of rotatable bonds is 4. The first-order valence-corrected chi connectivity index (χ1v) is 9.39. The van der Waals surface area contributed by atoms with Crippen LogP contribution in [-0.2, 0) is 9.53 Å². The van der Waals surface area contributed by atoms with Gasteiger partial charge >= 0.3 is 0 Å². The number of nitrogens with zero attached hydrogens (tertiary/aromatic N) is 2. The Labute approximate surface area is 139 Å². The van der Waals surface area contributed by atoms with Gasteiger partial charge in [0.05, 0.1) is 33.2 Å². The molecule has 1 heterocycles. The van der Waals surface area contributed by atoms with Crippen LogP contribution in [0.15, 0.2) is 5.10 Å². The van der Waals surface area contributed by atoms with Crippen molar-refractivity contribution in [2.45, 2.75) is 38.5 Å². The minimum absolute atomic E-state index is 0.0807. The summed E-state index contributed by atoms with van der Waals surface area (Å²) >= 11 is 0. The third-order valence-corrected chi connectivity index (χ3v) is 6.71. The molecule has 4 aliphatic carbocycles. The van der Waals surface area contributed by atoms with Crippen molar-refractivity contribution in [2.24, 2.45) is 28.8 Å². The van der Waals surface area contributed by atoms with Crippen LogP contribution in [0.1, 0.15) is 38.5 Å². The van der Waals surface area contributed by atoms with Crippen LogP contribution < -0.4 is 5.43 Å². The maximum atomic E-state index is 12.2. The number of hydrogen-bond acceptors (Lipinski definition) is 3. The van der Waals surface area contributed by atoms with E-state index in [9.17, 15) is 4.79 Å². The highest BCUT2D eigenvalue weighted by Crippen LogP contribution is 2.52. The molecule has 0 atom stereocenters.